The van der Waals surface area contributed by atoms with Gasteiger partial charge < -0.3 is 9.88 Å². The zero-order chi connectivity index (χ0) is 17.9. The summed E-state index contributed by atoms with van der Waals surface area (Å²) in [4.78, 5) is 26.3. The molecule has 1 aliphatic rings. The smallest absolute Gasteiger partial charge is 0.251 e. The molecule has 1 N–H and O–H groups in total. The van der Waals surface area contributed by atoms with Crippen LogP contribution in [-0.2, 0) is 5.75 Å². The van der Waals surface area contributed by atoms with Gasteiger partial charge in [-0.2, -0.15) is 0 Å². The highest BCUT2D eigenvalue weighted by Crippen LogP contribution is 2.30. The van der Waals surface area contributed by atoms with Crippen LogP contribution in [0.5, 0.6) is 0 Å². The summed E-state index contributed by atoms with van der Waals surface area (Å²) in [6.07, 6.45) is 3.73. The number of para-hydroxylation sites is 1. The largest absolute Gasteiger partial charge is 0.356 e. The van der Waals surface area contributed by atoms with E-state index in [2.05, 4.69) is 33.1 Å². The number of aryl methyl sites for hydroxylation is 1. The number of pyridine rings is 1. The summed E-state index contributed by atoms with van der Waals surface area (Å²) < 4.78 is 0. The van der Waals surface area contributed by atoms with Gasteiger partial charge in [0.1, 0.15) is 5.82 Å². The molecule has 1 aliphatic heterocycles. The summed E-state index contributed by atoms with van der Waals surface area (Å²) in [5.74, 6) is 1.81. The van der Waals surface area contributed by atoms with E-state index in [0.29, 0.717) is 5.16 Å². The Bertz CT molecular complexity index is 979. The summed E-state index contributed by atoms with van der Waals surface area (Å²) in [5, 5.41) is 1.81. The van der Waals surface area contributed by atoms with Gasteiger partial charge in [0.15, 0.2) is 5.16 Å². The number of thioether (sulfide) groups is 1. The van der Waals surface area contributed by atoms with E-state index in [-0.39, 0.29) is 5.56 Å². The van der Waals surface area contributed by atoms with Crippen LogP contribution in [0.15, 0.2) is 46.3 Å². The fourth-order valence-corrected chi connectivity index (χ4v) is 4.29. The molecule has 0 unspecified atom stereocenters. The van der Waals surface area contributed by atoms with Gasteiger partial charge in [-0.1, -0.05) is 30.0 Å². The van der Waals surface area contributed by atoms with Crippen molar-refractivity contribution in [2.75, 3.05) is 18.0 Å². The Morgan fingerprint density at radius 2 is 1.92 bits per heavy atom. The summed E-state index contributed by atoms with van der Waals surface area (Å²) in [6.45, 7) is 3.96. The number of fused-ring (bicyclic) bond motifs is 1. The van der Waals surface area contributed by atoms with Gasteiger partial charge in [-0.25, -0.2) is 9.97 Å². The molecule has 26 heavy (non-hydrogen) atoms. The topological polar surface area (TPSA) is 61.9 Å². The molecule has 4 rings (SSSR count). The molecule has 0 bridgehead atoms. The van der Waals surface area contributed by atoms with Gasteiger partial charge in [0.05, 0.1) is 5.52 Å². The van der Waals surface area contributed by atoms with Gasteiger partial charge in [0.2, 0.25) is 0 Å². The van der Waals surface area contributed by atoms with Crippen LogP contribution in [0, 0.1) is 6.92 Å². The lowest BCUT2D eigenvalue weighted by atomic mass is 10.1. The monoisotopic (exact) mass is 366 g/mol. The van der Waals surface area contributed by atoms with Crippen LogP contribution < -0.4 is 10.5 Å². The fraction of sp³-hybridized carbons (Fsp3) is 0.350. The average Bonchev–Trinajstić information content (AvgIpc) is 2.65. The van der Waals surface area contributed by atoms with Gasteiger partial charge in [0.25, 0.3) is 5.56 Å². The van der Waals surface area contributed by atoms with Crippen LogP contribution in [0.1, 0.15) is 30.5 Å². The normalized spacial score (nSPS) is 14.7. The second-order valence-corrected chi connectivity index (χ2v) is 7.66. The first kappa shape index (κ1) is 17.1. The molecule has 0 aliphatic carbocycles. The van der Waals surface area contributed by atoms with Crippen molar-refractivity contribution in [2.24, 2.45) is 0 Å². The van der Waals surface area contributed by atoms with Crippen molar-refractivity contribution in [1.82, 2.24) is 15.0 Å². The molecule has 0 atom stereocenters. The number of benzene rings is 1. The summed E-state index contributed by atoms with van der Waals surface area (Å²) in [7, 11) is 0. The lowest BCUT2D eigenvalue weighted by Gasteiger charge is -2.29. The van der Waals surface area contributed by atoms with Gasteiger partial charge >= 0.3 is 0 Å². The number of hydrogen-bond donors (Lipinski definition) is 1. The Hall–Kier alpha value is -2.34. The fourth-order valence-electron chi connectivity index (χ4n) is 3.40. The number of anilines is 1. The van der Waals surface area contributed by atoms with Gasteiger partial charge in [-0.15, -0.1) is 0 Å². The lowest BCUT2D eigenvalue weighted by Crippen LogP contribution is -2.31. The average molecular weight is 366 g/mol. The molecular formula is C20H22N4OS. The van der Waals surface area contributed by atoms with Crippen molar-refractivity contribution in [1.29, 1.82) is 0 Å². The number of aromatic amines is 1. The van der Waals surface area contributed by atoms with Crippen molar-refractivity contribution in [3.8, 4) is 0 Å². The molecule has 134 valence electrons. The van der Waals surface area contributed by atoms with Crippen molar-refractivity contribution in [3.63, 3.8) is 0 Å². The van der Waals surface area contributed by atoms with E-state index in [1.54, 1.807) is 11.8 Å². The number of nitrogens with one attached hydrogen (secondary N) is 1. The molecule has 0 saturated carbocycles. The van der Waals surface area contributed by atoms with E-state index >= 15 is 0 Å². The molecule has 0 radical (unpaired) electrons. The van der Waals surface area contributed by atoms with Crippen molar-refractivity contribution in [2.45, 2.75) is 37.1 Å². The lowest BCUT2D eigenvalue weighted by molar-refractivity contribution is 0.573. The van der Waals surface area contributed by atoms with E-state index in [0.717, 1.165) is 41.3 Å². The number of hydrogen-bond acceptors (Lipinski definition) is 5. The van der Waals surface area contributed by atoms with Gasteiger partial charge in [-0.05, 0) is 38.3 Å². The molecule has 2 aromatic heterocycles. The molecule has 3 heterocycles. The Morgan fingerprint density at radius 3 is 2.73 bits per heavy atom. The first-order valence-electron chi connectivity index (χ1n) is 9.03. The Kier molecular flexibility index (Phi) is 4.93. The Morgan fingerprint density at radius 1 is 1.12 bits per heavy atom. The standard InChI is InChI=1S/C20H22N4OS/c1-14-11-18(25)23-20(21-14)26-13-16-12-15-7-3-4-8-17(15)22-19(16)24-9-5-2-6-10-24/h3-4,7-8,11-12H,2,5-6,9-10,13H2,1H3,(H,21,23,25). The highest BCUT2D eigenvalue weighted by molar-refractivity contribution is 7.98. The SMILES string of the molecule is Cc1cc(=O)[nH]c(SCc2cc3ccccc3nc2N2CCCCC2)n1. The number of aromatic nitrogens is 3. The van der Waals surface area contributed by atoms with E-state index in [1.807, 2.05) is 19.1 Å². The third-order valence-electron chi connectivity index (χ3n) is 4.65. The Balaban J connectivity index is 1.68. The Labute approximate surface area is 156 Å². The minimum Gasteiger partial charge on any atom is -0.356 e. The first-order valence-corrected chi connectivity index (χ1v) is 10.0. The quantitative estimate of drug-likeness (QED) is 0.560. The first-order chi connectivity index (χ1) is 12.7. The van der Waals surface area contributed by atoms with Crippen LogP contribution in [0.4, 0.5) is 5.82 Å². The van der Waals surface area contributed by atoms with Gasteiger partial charge in [0, 0.05) is 41.6 Å². The zero-order valence-corrected chi connectivity index (χ0v) is 15.7. The third-order valence-corrected chi connectivity index (χ3v) is 5.57. The summed E-state index contributed by atoms with van der Waals surface area (Å²) in [5.41, 5.74) is 2.86. The van der Waals surface area contributed by atoms with E-state index in [4.69, 9.17) is 4.98 Å². The van der Waals surface area contributed by atoms with Crippen LogP contribution in [0.25, 0.3) is 10.9 Å². The maximum atomic E-state index is 11.7. The third kappa shape index (κ3) is 3.75. The number of rotatable bonds is 4. The van der Waals surface area contributed by atoms with E-state index < -0.39 is 0 Å². The maximum Gasteiger partial charge on any atom is 0.251 e. The van der Waals surface area contributed by atoms with Crippen LogP contribution >= 0.6 is 11.8 Å². The molecule has 0 spiro atoms. The molecule has 5 nitrogen and oxygen atoms in total. The predicted octanol–water partition coefficient (Wildman–Crippen LogP) is 3.91. The summed E-state index contributed by atoms with van der Waals surface area (Å²) in [6, 6.07) is 12.0. The van der Waals surface area contributed by atoms with Crippen molar-refractivity contribution < 1.29 is 0 Å². The van der Waals surface area contributed by atoms with E-state index in [9.17, 15) is 4.79 Å². The number of nitrogens with zero attached hydrogens (tertiary/aromatic N) is 3. The number of piperidine rings is 1. The molecule has 6 heteroatoms. The highest BCUT2D eigenvalue weighted by Gasteiger charge is 2.17. The van der Waals surface area contributed by atoms with E-state index in [1.165, 1.54) is 30.9 Å². The maximum absolute atomic E-state index is 11.7. The molecule has 1 fully saturated rings. The molecule has 1 aromatic carbocycles. The number of H-pyrrole nitrogens is 1. The minimum absolute atomic E-state index is 0.104. The second kappa shape index (κ2) is 7.50. The predicted molar refractivity (Wildman–Crippen MR) is 107 cm³/mol. The van der Waals surface area contributed by atoms with Crippen molar-refractivity contribution in [3.05, 3.63) is 58.0 Å². The second-order valence-electron chi connectivity index (χ2n) is 6.69. The summed E-state index contributed by atoms with van der Waals surface area (Å²) >= 11 is 1.56. The van der Waals surface area contributed by atoms with Crippen LogP contribution in [-0.4, -0.2) is 28.0 Å². The molecular weight excluding hydrogens is 344 g/mol. The highest BCUT2D eigenvalue weighted by atomic mass is 32.2. The van der Waals surface area contributed by atoms with Crippen LogP contribution in [0.3, 0.4) is 0 Å². The minimum atomic E-state index is -0.104. The van der Waals surface area contributed by atoms with Crippen molar-refractivity contribution >= 4 is 28.5 Å². The zero-order valence-electron chi connectivity index (χ0n) is 14.9. The molecule has 1 saturated heterocycles. The van der Waals surface area contributed by atoms with Gasteiger partial charge in [-0.3, -0.25) is 4.79 Å². The van der Waals surface area contributed by atoms with Crippen LogP contribution in [0.2, 0.25) is 0 Å². The molecule has 0 amide bonds. The molecule has 3 aromatic rings.